The van der Waals surface area contributed by atoms with E-state index < -0.39 is 6.10 Å². The number of nitrogens with one attached hydrogen (secondary N) is 1. The standard InChI is InChI=1S/C28H32N4O2/c33-24(21-34-25-11-5-2-6-12-25)20-31-17-15-23(16-18-31)29-28-30-26-13-7-8-14-27(26)32(28)19-22-9-3-1-4-10-22/h1-14,23-24,33H,15-21H2,(H,29,30). The minimum atomic E-state index is -0.500. The fourth-order valence-corrected chi connectivity index (χ4v) is 4.61. The highest BCUT2D eigenvalue weighted by Crippen LogP contribution is 2.24. The summed E-state index contributed by atoms with van der Waals surface area (Å²) >= 11 is 0. The molecule has 5 rings (SSSR count). The lowest BCUT2D eigenvalue weighted by Gasteiger charge is -2.33. The van der Waals surface area contributed by atoms with Gasteiger partial charge in [-0.2, -0.15) is 0 Å². The molecule has 34 heavy (non-hydrogen) atoms. The van der Waals surface area contributed by atoms with E-state index >= 15 is 0 Å². The van der Waals surface area contributed by atoms with Crippen molar-refractivity contribution in [3.8, 4) is 5.75 Å². The number of aromatic nitrogens is 2. The maximum atomic E-state index is 10.4. The number of likely N-dealkylation sites (tertiary alicyclic amines) is 1. The van der Waals surface area contributed by atoms with Crippen molar-refractivity contribution in [1.29, 1.82) is 0 Å². The predicted molar refractivity (Wildman–Crippen MR) is 136 cm³/mol. The van der Waals surface area contributed by atoms with Crippen LogP contribution in [0.4, 0.5) is 5.95 Å². The van der Waals surface area contributed by atoms with E-state index in [2.05, 4.69) is 57.2 Å². The van der Waals surface area contributed by atoms with Crippen LogP contribution in [0.5, 0.6) is 5.75 Å². The third-order valence-electron chi connectivity index (χ3n) is 6.41. The first kappa shape index (κ1) is 22.4. The Bertz CT molecular complexity index is 1170. The van der Waals surface area contributed by atoms with E-state index in [1.165, 1.54) is 5.56 Å². The van der Waals surface area contributed by atoms with E-state index in [1.54, 1.807) is 0 Å². The monoisotopic (exact) mass is 456 g/mol. The number of para-hydroxylation sites is 3. The molecule has 1 aliphatic rings. The second-order valence-electron chi connectivity index (χ2n) is 8.99. The fraction of sp³-hybridized carbons (Fsp3) is 0.321. The van der Waals surface area contributed by atoms with Gasteiger partial charge in [0.05, 0.1) is 17.6 Å². The number of hydrogen-bond acceptors (Lipinski definition) is 5. The van der Waals surface area contributed by atoms with Crippen LogP contribution in [0.25, 0.3) is 11.0 Å². The zero-order valence-corrected chi connectivity index (χ0v) is 19.4. The largest absolute Gasteiger partial charge is 0.491 e. The van der Waals surface area contributed by atoms with E-state index in [-0.39, 0.29) is 0 Å². The number of ether oxygens (including phenoxy) is 1. The Morgan fingerprint density at radius 3 is 2.35 bits per heavy atom. The van der Waals surface area contributed by atoms with Gasteiger partial charge in [0.25, 0.3) is 0 Å². The van der Waals surface area contributed by atoms with E-state index in [1.807, 2.05) is 42.5 Å². The van der Waals surface area contributed by atoms with Crippen molar-refractivity contribution in [1.82, 2.24) is 14.5 Å². The molecule has 0 radical (unpaired) electrons. The van der Waals surface area contributed by atoms with Gasteiger partial charge in [-0.3, -0.25) is 0 Å². The Kier molecular flexibility index (Phi) is 7.08. The summed E-state index contributed by atoms with van der Waals surface area (Å²) in [6.45, 7) is 3.62. The maximum absolute atomic E-state index is 10.4. The summed E-state index contributed by atoms with van der Waals surface area (Å²) in [5.41, 5.74) is 3.42. The summed E-state index contributed by atoms with van der Waals surface area (Å²) in [5.74, 6) is 1.72. The quantitative estimate of drug-likeness (QED) is 0.391. The van der Waals surface area contributed by atoms with Gasteiger partial charge in [0.2, 0.25) is 5.95 Å². The summed E-state index contributed by atoms with van der Waals surface area (Å²) in [7, 11) is 0. The van der Waals surface area contributed by atoms with E-state index in [0.717, 1.165) is 55.2 Å². The highest BCUT2D eigenvalue weighted by molar-refractivity contribution is 5.78. The predicted octanol–water partition coefficient (Wildman–Crippen LogP) is 4.40. The molecule has 176 valence electrons. The molecular formula is C28H32N4O2. The van der Waals surface area contributed by atoms with E-state index in [4.69, 9.17) is 9.72 Å². The molecule has 0 bridgehead atoms. The number of rotatable bonds is 9. The highest BCUT2D eigenvalue weighted by atomic mass is 16.5. The van der Waals surface area contributed by atoms with Crippen LogP contribution in [0.2, 0.25) is 0 Å². The number of nitrogens with zero attached hydrogens (tertiary/aromatic N) is 3. The molecule has 6 nitrogen and oxygen atoms in total. The molecule has 2 N–H and O–H groups in total. The van der Waals surface area contributed by atoms with Crippen molar-refractivity contribution in [2.24, 2.45) is 0 Å². The molecule has 0 saturated carbocycles. The van der Waals surface area contributed by atoms with Crippen molar-refractivity contribution in [3.05, 3.63) is 90.5 Å². The summed E-state index contributed by atoms with van der Waals surface area (Å²) in [6, 6.07) is 28.9. The summed E-state index contributed by atoms with van der Waals surface area (Å²) in [6.07, 6.45) is 1.53. The highest BCUT2D eigenvalue weighted by Gasteiger charge is 2.23. The summed E-state index contributed by atoms with van der Waals surface area (Å²) < 4.78 is 7.98. The minimum Gasteiger partial charge on any atom is -0.491 e. The van der Waals surface area contributed by atoms with Crippen LogP contribution in [-0.2, 0) is 6.54 Å². The van der Waals surface area contributed by atoms with Crippen molar-refractivity contribution in [2.75, 3.05) is 31.6 Å². The van der Waals surface area contributed by atoms with Crippen LogP contribution in [0.1, 0.15) is 18.4 Å². The molecule has 1 unspecified atom stereocenters. The number of benzene rings is 3. The van der Waals surface area contributed by atoms with Gasteiger partial charge in [-0.15, -0.1) is 0 Å². The van der Waals surface area contributed by atoms with Gasteiger partial charge >= 0.3 is 0 Å². The number of aliphatic hydroxyl groups excluding tert-OH is 1. The molecule has 1 fully saturated rings. The Morgan fingerprint density at radius 1 is 0.912 bits per heavy atom. The SMILES string of the molecule is OC(COc1ccccc1)CN1CCC(Nc2nc3ccccc3n2Cc2ccccc2)CC1. The Labute approximate surface area is 200 Å². The average molecular weight is 457 g/mol. The maximum Gasteiger partial charge on any atom is 0.204 e. The van der Waals surface area contributed by atoms with Gasteiger partial charge in [0, 0.05) is 25.7 Å². The lowest BCUT2D eigenvalue weighted by atomic mass is 10.0. The molecule has 0 amide bonds. The normalized spacial score (nSPS) is 15.9. The van der Waals surface area contributed by atoms with Gasteiger partial charge in [-0.25, -0.2) is 4.98 Å². The second-order valence-corrected chi connectivity index (χ2v) is 8.99. The van der Waals surface area contributed by atoms with Gasteiger partial charge in [0.1, 0.15) is 18.5 Å². The first-order valence-corrected chi connectivity index (χ1v) is 12.1. The molecule has 0 spiro atoms. The molecule has 1 atom stereocenters. The lowest BCUT2D eigenvalue weighted by Crippen LogP contribution is -2.43. The lowest BCUT2D eigenvalue weighted by molar-refractivity contribution is 0.0604. The molecule has 1 aliphatic heterocycles. The van der Waals surface area contributed by atoms with Gasteiger partial charge < -0.3 is 24.6 Å². The molecule has 2 heterocycles. The summed E-state index contributed by atoms with van der Waals surface area (Å²) in [5, 5.41) is 14.1. The fourth-order valence-electron chi connectivity index (χ4n) is 4.61. The van der Waals surface area contributed by atoms with Crippen LogP contribution in [0, 0.1) is 0 Å². The van der Waals surface area contributed by atoms with E-state index in [0.29, 0.717) is 19.2 Å². The molecule has 0 aliphatic carbocycles. The Morgan fingerprint density at radius 2 is 1.59 bits per heavy atom. The van der Waals surface area contributed by atoms with Crippen molar-refractivity contribution >= 4 is 17.0 Å². The van der Waals surface area contributed by atoms with Crippen molar-refractivity contribution < 1.29 is 9.84 Å². The average Bonchev–Trinajstić information content (AvgIpc) is 3.22. The van der Waals surface area contributed by atoms with Crippen LogP contribution >= 0.6 is 0 Å². The van der Waals surface area contributed by atoms with Crippen LogP contribution < -0.4 is 10.1 Å². The Hall–Kier alpha value is -3.35. The number of piperidine rings is 1. The molecule has 1 aromatic heterocycles. The molecule has 4 aromatic rings. The number of anilines is 1. The molecule has 1 saturated heterocycles. The van der Waals surface area contributed by atoms with Crippen LogP contribution in [0.15, 0.2) is 84.9 Å². The molecule has 6 heteroatoms. The molecule has 3 aromatic carbocycles. The third kappa shape index (κ3) is 5.58. The first-order chi connectivity index (χ1) is 16.7. The van der Waals surface area contributed by atoms with Crippen molar-refractivity contribution in [3.63, 3.8) is 0 Å². The van der Waals surface area contributed by atoms with Crippen LogP contribution in [-0.4, -0.2) is 57.9 Å². The van der Waals surface area contributed by atoms with Gasteiger partial charge in [0.15, 0.2) is 0 Å². The van der Waals surface area contributed by atoms with E-state index in [9.17, 15) is 5.11 Å². The number of hydrogen-bond donors (Lipinski definition) is 2. The molecular weight excluding hydrogens is 424 g/mol. The van der Waals surface area contributed by atoms with Gasteiger partial charge in [-0.05, 0) is 42.7 Å². The minimum absolute atomic E-state index is 0.311. The third-order valence-corrected chi connectivity index (χ3v) is 6.41. The number of fused-ring (bicyclic) bond motifs is 1. The number of aliphatic hydroxyl groups is 1. The van der Waals surface area contributed by atoms with Crippen LogP contribution in [0.3, 0.4) is 0 Å². The van der Waals surface area contributed by atoms with Crippen molar-refractivity contribution in [2.45, 2.75) is 31.5 Å². The number of imidazole rings is 1. The van der Waals surface area contributed by atoms with Gasteiger partial charge in [-0.1, -0.05) is 60.7 Å². The first-order valence-electron chi connectivity index (χ1n) is 12.1. The Balaban J connectivity index is 1.17. The topological polar surface area (TPSA) is 62.6 Å². The zero-order chi connectivity index (χ0) is 23.2. The zero-order valence-electron chi connectivity index (χ0n) is 19.4. The smallest absolute Gasteiger partial charge is 0.204 e. The summed E-state index contributed by atoms with van der Waals surface area (Å²) in [4.78, 5) is 7.23. The number of β-amino-alcohol motifs (C(OH)–C–C–N with tert-alkyl or cyclic N) is 1. The second kappa shape index (κ2) is 10.7.